The fourth-order valence-electron chi connectivity index (χ4n) is 2.71. The van der Waals surface area contributed by atoms with E-state index in [1.54, 1.807) is 0 Å². The predicted molar refractivity (Wildman–Crippen MR) is 86.5 cm³/mol. The second-order valence-corrected chi connectivity index (χ2v) is 6.93. The van der Waals surface area contributed by atoms with Crippen LogP contribution in [0.25, 0.3) is 21.9 Å². The van der Waals surface area contributed by atoms with Crippen molar-refractivity contribution < 1.29 is 8.39 Å². The molecule has 4 heteroatoms. The van der Waals surface area contributed by atoms with Crippen LogP contribution in [0, 0.1) is 27.7 Å². The molecule has 0 fully saturated rings. The van der Waals surface area contributed by atoms with Crippen LogP contribution in [0.15, 0.2) is 32.7 Å². The summed E-state index contributed by atoms with van der Waals surface area (Å²) in [5.74, 6) is 0. The maximum Gasteiger partial charge on any atom is 0.327 e. The van der Waals surface area contributed by atoms with E-state index in [1.165, 1.54) is 11.1 Å². The number of benzene rings is 2. The van der Waals surface area contributed by atoms with Gasteiger partial charge in [-0.1, -0.05) is 12.1 Å². The zero-order chi connectivity index (χ0) is 14.4. The van der Waals surface area contributed by atoms with Crippen molar-refractivity contribution in [3.8, 4) is 0 Å². The van der Waals surface area contributed by atoms with E-state index in [-0.39, 0.29) is 0 Å². The molecule has 3 rings (SSSR count). The molecule has 0 saturated carbocycles. The van der Waals surface area contributed by atoms with Crippen molar-refractivity contribution in [2.45, 2.75) is 27.7 Å². The van der Waals surface area contributed by atoms with Crippen LogP contribution in [0.5, 0.6) is 0 Å². The topological polar surface area (TPSA) is 26.3 Å². The Morgan fingerprint density at radius 2 is 1.15 bits per heavy atom. The molecule has 0 spiro atoms. The van der Waals surface area contributed by atoms with Gasteiger partial charge in [-0.05, 0) is 62.1 Å². The molecule has 0 aliphatic rings. The van der Waals surface area contributed by atoms with E-state index < -0.39 is 7.37 Å². The standard InChI is InChI=1S/C16H16ClO2P/c1-9-5-11(3)15-13(7-9)14-8-10(2)6-12(4)16(14)19-20(17)18-15/h5-8H,1-4H3. The van der Waals surface area contributed by atoms with Crippen molar-refractivity contribution >= 4 is 40.5 Å². The Labute approximate surface area is 123 Å². The molecule has 0 radical (unpaired) electrons. The molecule has 0 aliphatic heterocycles. The number of aryl methyl sites for hydroxylation is 4. The summed E-state index contributed by atoms with van der Waals surface area (Å²) in [5, 5.41) is 2.13. The molecule has 104 valence electrons. The van der Waals surface area contributed by atoms with Crippen LogP contribution in [0.1, 0.15) is 22.3 Å². The first kappa shape index (κ1) is 13.6. The SMILES string of the molecule is Cc1cc(C)c2op(Cl)oc3c(C)cc(C)cc3c2c1. The Hall–Kier alpha value is -1.37. The van der Waals surface area contributed by atoms with Crippen LogP contribution < -0.4 is 0 Å². The first-order chi connectivity index (χ1) is 9.45. The van der Waals surface area contributed by atoms with Gasteiger partial charge in [-0.15, -0.1) is 0 Å². The molecule has 2 aromatic carbocycles. The van der Waals surface area contributed by atoms with Gasteiger partial charge < -0.3 is 8.39 Å². The molecule has 20 heavy (non-hydrogen) atoms. The molecule has 0 bridgehead atoms. The highest BCUT2D eigenvalue weighted by Crippen LogP contribution is 2.40. The zero-order valence-electron chi connectivity index (χ0n) is 12.0. The molecule has 0 N–H and O–H groups in total. The molecular weight excluding hydrogens is 291 g/mol. The van der Waals surface area contributed by atoms with Gasteiger partial charge in [0.2, 0.25) is 0 Å². The third-order valence-electron chi connectivity index (χ3n) is 3.45. The van der Waals surface area contributed by atoms with Gasteiger partial charge in [-0.2, -0.15) is 0 Å². The van der Waals surface area contributed by atoms with E-state index in [0.29, 0.717) is 0 Å². The van der Waals surface area contributed by atoms with Crippen molar-refractivity contribution in [2.24, 2.45) is 0 Å². The van der Waals surface area contributed by atoms with Crippen LogP contribution >= 0.6 is 18.6 Å². The fourth-order valence-corrected chi connectivity index (χ4v) is 3.94. The Morgan fingerprint density at radius 3 is 1.55 bits per heavy atom. The van der Waals surface area contributed by atoms with Gasteiger partial charge in [-0.3, -0.25) is 0 Å². The van der Waals surface area contributed by atoms with Gasteiger partial charge in [-0.25, -0.2) is 0 Å². The second-order valence-electron chi connectivity index (χ2n) is 5.31. The van der Waals surface area contributed by atoms with Gasteiger partial charge in [0.15, 0.2) is 0 Å². The molecule has 0 aliphatic carbocycles. The van der Waals surface area contributed by atoms with E-state index in [4.69, 9.17) is 19.6 Å². The minimum absolute atomic E-state index is 0.834. The molecule has 0 atom stereocenters. The second kappa shape index (κ2) is 4.87. The van der Waals surface area contributed by atoms with Crippen molar-refractivity contribution in [2.75, 3.05) is 0 Å². The lowest BCUT2D eigenvalue weighted by Gasteiger charge is -2.03. The maximum absolute atomic E-state index is 6.22. The van der Waals surface area contributed by atoms with Crippen LogP contribution in [0.3, 0.4) is 0 Å². The van der Waals surface area contributed by atoms with E-state index >= 15 is 0 Å². The fraction of sp³-hybridized carbons (Fsp3) is 0.250. The Morgan fingerprint density at radius 1 is 0.750 bits per heavy atom. The van der Waals surface area contributed by atoms with Crippen LogP contribution in [-0.2, 0) is 0 Å². The Bertz CT molecular complexity index is 795. The van der Waals surface area contributed by atoms with Gasteiger partial charge in [0.1, 0.15) is 11.2 Å². The average Bonchev–Trinajstić information content (AvgIpc) is 2.48. The summed E-state index contributed by atoms with van der Waals surface area (Å²) in [5.41, 5.74) is 6.25. The van der Waals surface area contributed by atoms with Gasteiger partial charge in [0.25, 0.3) is 0 Å². The lowest BCUT2D eigenvalue weighted by atomic mass is 10.0. The Balaban J connectivity index is 2.70. The maximum atomic E-state index is 6.22. The normalized spacial score (nSPS) is 11.2. The molecule has 3 aromatic rings. The molecule has 0 saturated heterocycles. The average molecular weight is 307 g/mol. The van der Waals surface area contributed by atoms with E-state index in [0.717, 1.165) is 33.1 Å². The van der Waals surface area contributed by atoms with Crippen molar-refractivity contribution in [3.63, 3.8) is 0 Å². The summed E-state index contributed by atoms with van der Waals surface area (Å²) in [6.45, 7) is 8.26. The van der Waals surface area contributed by atoms with Gasteiger partial charge in [0, 0.05) is 22.0 Å². The monoisotopic (exact) mass is 306 g/mol. The van der Waals surface area contributed by atoms with Crippen LogP contribution in [0.4, 0.5) is 0 Å². The van der Waals surface area contributed by atoms with Crippen molar-refractivity contribution in [1.82, 2.24) is 0 Å². The lowest BCUT2D eigenvalue weighted by Crippen LogP contribution is -1.83. The molecular formula is C16H16ClO2P. The van der Waals surface area contributed by atoms with Gasteiger partial charge in [0.05, 0.1) is 0 Å². The summed E-state index contributed by atoms with van der Waals surface area (Å²) >= 11 is 6.22. The van der Waals surface area contributed by atoms with Gasteiger partial charge >= 0.3 is 7.37 Å². The molecule has 1 heterocycles. The molecule has 0 unspecified atom stereocenters. The highest BCUT2D eigenvalue weighted by Gasteiger charge is 2.10. The minimum atomic E-state index is -1.47. The molecule has 0 amide bonds. The third-order valence-corrected chi connectivity index (χ3v) is 4.52. The first-order valence-corrected chi connectivity index (χ1v) is 8.58. The summed E-state index contributed by atoms with van der Waals surface area (Å²) in [4.78, 5) is 0. The zero-order valence-corrected chi connectivity index (χ0v) is 13.6. The van der Waals surface area contributed by atoms with Crippen molar-refractivity contribution in [3.05, 3.63) is 46.5 Å². The van der Waals surface area contributed by atoms with E-state index in [9.17, 15) is 0 Å². The smallest absolute Gasteiger partial charge is 0.327 e. The lowest BCUT2D eigenvalue weighted by molar-refractivity contribution is 0.653. The Kier molecular flexibility index (Phi) is 3.32. The summed E-state index contributed by atoms with van der Waals surface area (Å²) in [6.07, 6.45) is 0. The number of hydrogen-bond donors (Lipinski definition) is 0. The highest BCUT2D eigenvalue weighted by atomic mass is 35.7. The molecule has 2 nitrogen and oxygen atoms in total. The quantitative estimate of drug-likeness (QED) is 0.472. The summed E-state index contributed by atoms with van der Waals surface area (Å²) in [7, 11) is -1.47. The van der Waals surface area contributed by atoms with Crippen LogP contribution in [0.2, 0.25) is 0 Å². The number of fused-ring (bicyclic) bond motifs is 3. The van der Waals surface area contributed by atoms with E-state index in [2.05, 4.69) is 38.1 Å². The predicted octanol–water partition coefficient (Wildman–Crippen LogP) is 6.53. The molecule has 1 aromatic heterocycles. The van der Waals surface area contributed by atoms with Crippen LogP contribution in [-0.4, -0.2) is 0 Å². The number of rotatable bonds is 0. The summed E-state index contributed by atoms with van der Waals surface area (Å²) in [6, 6.07) is 8.47. The largest absolute Gasteiger partial charge is 0.408 e. The number of hydrogen-bond acceptors (Lipinski definition) is 2. The third kappa shape index (κ3) is 2.24. The number of halogens is 1. The first-order valence-electron chi connectivity index (χ1n) is 6.50. The summed E-state index contributed by atoms with van der Waals surface area (Å²) < 4.78 is 11.7. The minimum Gasteiger partial charge on any atom is -0.408 e. The van der Waals surface area contributed by atoms with Crippen molar-refractivity contribution in [1.29, 1.82) is 0 Å². The highest BCUT2D eigenvalue weighted by molar-refractivity contribution is 7.68. The van der Waals surface area contributed by atoms with E-state index in [1.807, 2.05) is 13.8 Å².